The summed E-state index contributed by atoms with van der Waals surface area (Å²) in [7, 11) is 2.04. The van der Waals surface area contributed by atoms with Gasteiger partial charge < -0.3 is 4.42 Å². The lowest BCUT2D eigenvalue weighted by atomic mass is 9.97. The Kier molecular flexibility index (Phi) is 3.49. The van der Waals surface area contributed by atoms with Gasteiger partial charge in [0.15, 0.2) is 0 Å². The van der Waals surface area contributed by atoms with Crippen LogP contribution in [-0.2, 0) is 0 Å². The number of hydrogen-bond donors (Lipinski definition) is 0. The Balaban J connectivity index is 2.19. The van der Waals surface area contributed by atoms with Crippen LogP contribution in [-0.4, -0.2) is 12.8 Å². The second-order valence-electron chi connectivity index (χ2n) is 5.02. The molecule has 2 heterocycles. The molecule has 102 valence electrons. The molecule has 0 atom stereocenters. The number of nitrogens with zero attached hydrogens (tertiary/aromatic N) is 1. The van der Waals surface area contributed by atoms with Crippen LogP contribution in [0, 0.1) is 0 Å². The smallest absolute Gasteiger partial charge is 0.141 e. The maximum absolute atomic E-state index is 5.86. The van der Waals surface area contributed by atoms with E-state index in [2.05, 4.69) is 23.7 Å². The summed E-state index contributed by atoms with van der Waals surface area (Å²) in [5.74, 6) is 0.844. The Morgan fingerprint density at radius 3 is 2.76 bits per heavy atom. The molecule has 3 heteroatoms. The van der Waals surface area contributed by atoms with E-state index in [-0.39, 0.29) is 0 Å². The van der Waals surface area contributed by atoms with Crippen LogP contribution in [0.15, 0.2) is 53.6 Å². The Morgan fingerprint density at radius 1 is 1.24 bits per heavy atom. The summed E-state index contributed by atoms with van der Waals surface area (Å²) in [6.07, 6.45) is 7.65. The highest BCUT2D eigenvalue weighted by Crippen LogP contribution is 2.31. The molecule has 0 aliphatic carbocycles. The first-order valence-corrected chi connectivity index (χ1v) is 6.97. The maximum atomic E-state index is 5.86. The van der Waals surface area contributed by atoms with Gasteiger partial charge in [0, 0.05) is 22.7 Å². The fraction of sp³-hybridized carbons (Fsp3) is 0.0556. The van der Waals surface area contributed by atoms with Crippen molar-refractivity contribution in [3.63, 3.8) is 0 Å². The molecule has 21 heavy (non-hydrogen) atoms. The zero-order chi connectivity index (χ0) is 14.8. The van der Waals surface area contributed by atoms with Crippen molar-refractivity contribution in [1.29, 1.82) is 0 Å². The number of furan rings is 1. The standard InChI is InChI=1S/C18H16BNO/c1-3-5-17-14(4-2)15-10-12(6-9-18(15)21-17)16-8-7-13(19)11-20-16/h3-11H,2,19H2,1H3/b5-3-. The Hall–Kier alpha value is -2.55. The van der Waals surface area contributed by atoms with Crippen molar-refractivity contribution in [3.8, 4) is 11.3 Å². The van der Waals surface area contributed by atoms with E-state index in [0.717, 1.165) is 39.0 Å². The quantitative estimate of drug-likeness (QED) is 0.683. The van der Waals surface area contributed by atoms with E-state index in [4.69, 9.17) is 4.42 Å². The molecule has 3 rings (SSSR count). The molecule has 0 radical (unpaired) electrons. The second kappa shape index (κ2) is 5.45. The van der Waals surface area contributed by atoms with Crippen molar-refractivity contribution in [1.82, 2.24) is 4.98 Å². The molecule has 0 fully saturated rings. The summed E-state index contributed by atoms with van der Waals surface area (Å²) in [4.78, 5) is 4.48. The summed E-state index contributed by atoms with van der Waals surface area (Å²) >= 11 is 0. The number of hydrogen-bond acceptors (Lipinski definition) is 2. The molecule has 0 unspecified atom stereocenters. The molecule has 3 aromatic rings. The van der Waals surface area contributed by atoms with Gasteiger partial charge in [0.1, 0.15) is 19.2 Å². The molecular weight excluding hydrogens is 257 g/mol. The first kappa shape index (κ1) is 13.4. The van der Waals surface area contributed by atoms with Crippen LogP contribution in [0.2, 0.25) is 0 Å². The van der Waals surface area contributed by atoms with Gasteiger partial charge in [-0.15, -0.1) is 0 Å². The lowest BCUT2D eigenvalue weighted by Gasteiger charge is -2.01. The third-order valence-corrected chi connectivity index (χ3v) is 3.48. The van der Waals surface area contributed by atoms with E-state index in [9.17, 15) is 0 Å². The number of benzene rings is 1. The van der Waals surface area contributed by atoms with Gasteiger partial charge in [-0.3, -0.25) is 4.98 Å². The normalized spacial score (nSPS) is 11.3. The average Bonchev–Trinajstić information content (AvgIpc) is 2.84. The predicted octanol–water partition coefficient (Wildman–Crippen LogP) is 3.43. The van der Waals surface area contributed by atoms with Crippen molar-refractivity contribution < 1.29 is 4.42 Å². The Bertz CT molecular complexity index is 828. The van der Waals surface area contributed by atoms with E-state index in [1.54, 1.807) is 0 Å². The molecule has 0 saturated carbocycles. The highest BCUT2D eigenvalue weighted by molar-refractivity contribution is 6.32. The Labute approximate surface area is 125 Å². The number of aromatic nitrogens is 1. The van der Waals surface area contributed by atoms with Crippen LogP contribution in [0.1, 0.15) is 18.2 Å². The molecule has 0 amide bonds. The molecule has 0 N–H and O–H groups in total. The number of allylic oxidation sites excluding steroid dienone is 1. The Morgan fingerprint density at radius 2 is 2.10 bits per heavy atom. The van der Waals surface area contributed by atoms with Gasteiger partial charge in [0.05, 0.1) is 5.69 Å². The molecule has 0 bridgehead atoms. The van der Waals surface area contributed by atoms with Crippen molar-refractivity contribution in [3.05, 3.63) is 60.5 Å². The minimum atomic E-state index is 0.844. The van der Waals surface area contributed by atoms with Crippen LogP contribution in [0.5, 0.6) is 0 Å². The highest BCUT2D eigenvalue weighted by atomic mass is 16.3. The largest absolute Gasteiger partial charge is 0.456 e. The molecular formula is C18H16BNO. The molecule has 2 nitrogen and oxygen atoms in total. The van der Waals surface area contributed by atoms with Gasteiger partial charge in [-0.25, -0.2) is 0 Å². The fourth-order valence-corrected chi connectivity index (χ4v) is 2.42. The third kappa shape index (κ3) is 2.43. The fourth-order valence-electron chi connectivity index (χ4n) is 2.42. The SMILES string of the molecule is Bc1ccc(-c2ccc3oc(/C=C\C)c(C=C)c3c2)nc1. The summed E-state index contributed by atoms with van der Waals surface area (Å²) in [5, 5.41) is 1.07. The van der Waals surface area contributed by atoms with Gasteiger partial charge in [0.2, 0.25) is 0 Å². The highest BCUT2D eigenvalue weighted by Gasteiger charge is 2.11. The number of pyridine rings is 1. The van der Waals surface area contributed by atoms with Gasteiger partial charge in [0.25, 0.3) is 0 Å². The maximum Gasteiger partial charge on any atom is 0.141 e. The summed E-state index contributed by atoms with van der Waals surface area (Å²) in [5.41, 5.74) is 5.10. The van der Waals surface area contributed by atoms with E-state index in [1.807, 2.05) is 57.4 Å². The van der Waals surface area contributed by atoms with E-state index >= 15 is 0 Å². The first-order chi connectivity index (χ1) is 10.2. The van der Waals surface area contributed by atoms with Crippen LogP contribution < -0.4 is 5.46 Å². The molecule has 0 spiro atoms. The van der Waals surface area contributed by atoms with Crippen molar-refractivity contribution in [2.24, 2.45) is 0 Å². The molecule has 0 saturated heterocycles. The average molecular weight is 273 g/mol. The minimum absolute atomic E-state index is 0.844. The minimum Gasteiger partial charge on any atom is -0.456 e. The summed E-state index contributed by atoms with van der Waals surface area (Å²) in [6, 6.07) is 10.3. The van der Waals surface area contributed by atoms with Crippen LogP contribution in [0.25, 0.3) is 34.4 Å². The van der Waals surface area contributed by atoms with Crippen LogP contribution >= 0.6 is 0 Å². The van der Waals surface area contributed by atoms with Gasteiger partial charge in [-0.1, -0.05) is 30.3 Å². The summed E-state index contributed by atoms with van der Waals surface area (Å²) < 4.78 is 5.86. The predicted molar refractivity (Wildman–Crippen MR) is 92.4 cm³/mol. The van der Waals surface area contributed by atoms with Gasteiger partial charge >= 0.3 is 0 Å². The van der Waals surface area contributed by atoms with Crippen LogP contribution in [0.3, 0.4) is 0 Å². The summed E-state index contributed by atoms with van der Waals surface area (Å²) in [6.45, 7) is 5.87. The van der Waals surface area contributed by atoms with E-state index in [0.29, 0.717) is 0 Å². The molecule has 0 aliphatic rings. The zero-order valence-electron chi connectivity index (χ0n) is 12.3. The topological polar surface area (TPSA) is 26.0 Å². The molecule has 2 aromatic heterocycles. The second-order valence-corrected chi connectivity index (χ2v) is 5.02. The number of fused-ring (bicyclic) bond motifs is 1. The first-order valence-electron chi connectivity index (χ1n) is 6.97. The zero-order valence-corrected chi connectivity index (χ0v) is 12.3. The van der Waals surface area contributed by atoms with Crippen LogP contribution in [0.4, 0.5) is 0 Å². The van der Waals surface area contributed by atoms with E-state index in [1.165, 1.54) is 0 Å². The molecule has 1 aromatic carbocycles. The van der Waals surface area contributed by atoms with Crippen molar-refractivity contribution >= 4 is 36.4 Å². The van der Waals surface area contributed by atoms with Gasteiger partial charge in [-0.2, -0.15) is 0 Å². The van der Waals surface area contributed by atoms with E-state index < -0.39 is 0 Å². The monoisotopic (exact) mass is 273 g/mol. The molecule has 0 aliphatic heterocycles. The lowest BCUT2D eigenvalue weighted by Crippen LogP contribution is -2.01. The third-order valence-electron chi connectivity index (χ3n) is 3.48. The van der Waals surface area contributed by atoms with Crippen molar-refractivity contribution in [2.45, 2.75) is 6.92 Å². The van der Waals surface area contributed by atoms with Gasteiger partial charge in [-0.05, 0) is 37.3 Å². The van der Waals surface area contributed by atoms with Crippen molar-refractivity contribution in [2.75, 3.05) is 0 Å². The number of rotatable bonds is 3. The lowest BCUT2D eigenvalue weighted by molar-refractivity contribution is 0.603.